The first kappa shape index (κ1) is 23.2. The van der Waals surface area contributed by atoms with Crippen LogP contribution in [0.5, 0.6) is 0 Å². The standard InChI is InChI=1S/C25H50N2/c1-17(2)23(16-12-15-22(26)25(23,27)20(7)8)24(18(3)4,19(5)6)21-13-10-9-11-14-21/h17-22H,9-16,26-27H2,1-8H3. The Morgan fingerprint density at radius 2 is 1.26 bits per heavy atom. The van der Waals surface area contributed by atoms with Crippen LogP contribution in [-0.2, 0) is 0 Å². The molecule has 2 aliphatic carbocycles. The summed E-state index contributed by atoms with van der Waals surface area (Å²) in [4.78, 5) is 0. The maximum atomic E-state index is 7.57. The predicted molar refractivity (Wildman–Crippen MR) is 120 cm³/mol. The summed E-state index contributed by atoms with van der Waals surface area (Å²) < 4.78 is 0. The van der Waals surface area contributed by atoms with E-state index >= 15 is 0 Å². The molecule has 2 fully saturated rings. The van der Waals surface area contributed by atoms with E-state index in [1.54, 1.807) is 0 Å². The molecular weight excluding hydrogens is 328 g/mol. The van der Waals surface area contributed by atoms with Gasteiger partial charge >= 0.3 is 0 Å². The van der Waals surface area contributed by atoms with Gasteiger partial charge in [-0.05, 0) is 66.1 Å². The minimum atomic E-state index is -0.300. The van der Waals surface area contributed by atoms with Gasteiger partial charge in [0, 0.05) is 11.6 Å². The Hall–Kier alpha value is -0.0800. The molecule has 0 bridgehead atoms. The van der Waals surface area contributed by atoms with Crippen molar-refractivity contribution in [2.45, 2.75) is 118 Å². The molecule has 0 spiro atoms. The zero-order valence-electron chi connectivity index (χ0n) is 19.8. The molecule has 2 rings (SSSR count). The van der Waals surface area contributed by atoms with Gasteiger partial charge in [0.25, 0.3) is 0 Å². The Morgan fingerprint density at radius 1 is 0.741 bits per heavy atom. The monoisotopic (exact) mass is 378 g/mol. The van der Waals surface area contributed by atoms with Crippen molar-refractivity contribution >= 4 is 0 Å². The number of hydrogen-bond acceptors (Lipinski definition) is 2. The Kier molecular flexibility index (Phi) is 7.17. The highest BCUT2D eigenvalue weighted by Gasteiger charge is 2.69. The van der Waals surface area contributed by atoms with Gasteiger partial charge in [0.2, 0.25) is 0 Å². The topological polar surface area (TPSA) is 52.0 Å². The molecule has 3 unspecified atom stereocenters. The molecule has 2 aliphatic rings. The van der Waals surface area contributed by atoms with E-state index in [-0.39, 0.29) is 22.4 Å². The van der Waals surface area contributed by atoms with Gasteiger partial charge in [0.1, 0.15) is 0 Å². The fourth-order valence-electron chi connectivity index (χ4n) is 8.79. The Labute approximate surface area is 170 Å². The summed E-state index contributed by atoms with van der Waals surface area (Å²) >= 11 is 0. The molecule has 27 heavy (non-hydrogen) atoms. The van der Waals surface area contributed by atoms with Crippen LogP contribution >= 0.6 is 0 Å². The summed E-state index contributed by atoms with van der Waals surface area (Å²) in [7, 11) is 0. The molecule has 0 radical (unpaired) electrons. The lowest BCUT2D eigenvalue weighted by atomic mass is 9.34. The van der Waals surface area contributed by atoms with Crippen LogP contribution in [0.25, 0.3) is 0 Å². The SMILES string of the molecule is CC(C)C1(N)C(N)CCCC1(C(C)C)C(C(C)C)(C(C)C)C1CCCCC1. The van der Waals surface area contributed by atoms with E-state index in [0.717, 1.165) is 12.3 Å². The third-order valence-corrected chi connectivity index (χ3v) is 9.38. The Balaban J connectivity index is 2.84. The van der Waals surface area contributed by atoms with E-state index in [2.05, 4.69) is 55.4 Å². The third kappa shape index (κ3) is 3.12. The van der Waals surface area contributed by atoms with Gasteiger partial charge in [0.15, 0.2) is 0 Å². The van der Waals surface area contributed by atoms with E-state index in [1.165, 1.54) is 44.9 Å². The van der Waals surface area contributed by atoms with E-state index in [4.69, 9.17) is 11.5 Å². The maximum absolute atomic E-state index is 7.57. The molecule has 0 amide bonds. The van der Waals surface area contributed by atoms with Crippen molar-refractivity contribution in [2.75, 3.05) is 0 Å². The molecule has 0 saturated heterocycles. The second-order valence-corrected chi connectivity index (χ2v) is 11.3. The second kappa shape index (κ2) is 8.34. The molecule has 0 aromatic carbocycles. The van der Waals surface area contributed by atoms with Crippen molar-refractivity contribution in [1.82, 2.24) is 0 Å². The molecule has 0 heterocycles. The quantitative estimate of drug-likeness (QED) is 0.564. The summed E-state index contributed by atoms with van der Waals surface area (Å²) in [6.45, 7) is 19.6. The third-order valence-electron chi connectivity index (χ3n) is 9.38. The van der Waals surface area contributed by atoms with E-state index in [1.807, 2.05) is 0 Å². The lowest BCUT2D eigenvalue weighted by molar-refractivity contribution is -0.208. The first-order valence-electron chi connectivity index (χ1n) is 12.1. The molecule has 3 atom stereocenters. The van der Waals surface area contributed by atoms with Crippen LogP contribution in [0.2, 0.25) is 0 Å². The van der Waals surface area contributed by atoms with Crippen molar-refractivity contribution in [1.29, 1.82) is 0 Å². The highest BCUT2D eigenvalue weighted by Crippen LogP contribution is 2.69. The summed E-state index contributed by atoms with van der Waals surface area (Å²) in [6, 6.07) is 0.106. The summed E-state index contributed by atoms with van der Waals surface area (Å²) in [5, 5.41) is 0. The van der Waals surface area contributed by atoms with Gasteiger partial charge in [-0.1, -0.05) is 81.1 Å². The number of rotatable bonds is 6. The van der Waals surface area contributed by atoms with E-state index in [9.17, 15) is 0 Å². The van der Waals surface area contributed by atoms with E-state index < -0.39 is 0 Å². The predicted octanol–water partition coefficient (Wildman–Crippen LogP) is 6.37. The molecule has 2 nitrogen and oxygen atoms in total. The van der Waals surface area contributed by atoms with Gasteiger partial charge in [-0.3, -0.25) is 0 Å². The molecular formula is C25H50N2. The minimum absolute atomic E-state index is 0.0934. The van der Waals surface area contributed by atoms with Crippen LogP contribution < -0.4 is 11.5 Å². The fraction of sp³-hybridized carbons (Fsp3) is 1.00. The van der Waals surface area contributed by atoms with Crippen molar-refractivity contribution in [3.63, 3.8) is 0 Å². The average molecular weight is 379 g/mol. The molecule has 2 saturated carbocycles. The first-order chi connectivity index (χ1) is 12.5. The zero-order valence-corrected chi connectivity index (χ0v) is 19.8. The van der Waals surface area contributed by atoms with Crippen LogP contribution in [0, 0.1) is 40.4 Å². The van der Waals surface area contributed by atoms with Crippen molar-refractivity contribution < 1.29 is 0 Å². The van der Waals surface area contributed by atoms with Crippen LogP contribution in [0.3, 0.4) is 0 Å². The zero-order chi connectivity index (χ0) is 20.6. The average Bonchev–Trinajstić information content (AvgIpc) is 2.59. The van der Waals surface area contributed by atoms with Crippen LogP contribution in [0.15, 0.2) is 0 Å². The largest absolute Gasteiger partial charge is 0.326 e. The van der Waals surface area contributed by atoms with Gasteiger partial charge < -0.3 is 11.5 Å². The van der Waals surface area contributed by atoms with Crippen molar-refractivity contribution in [3.8, 4) is 0 Å². The molecule has 0 aromatic heterocycles. The number of hydrogen-bond donors (Lipinski definition) is 2. The Morgan fingerprint density at radius 3 is 1.67 bits per heavy atom. The molecule has 2 heteroatoms. The van der Waals surface area contributed by atoms with Gasteiger partial charge in [0.05, 0.1) is 0 Å². The normalized spacial score (nSPS) is 34.2. The van der Waals surface area contributed by atoms with Crippen molar-refractivity contribution in [3.05, 3.63) is 0 Å². The molecule has 0 aliphatic heterocycles. The van der Waals surface area contributed by atoms with Gasteiger partial charge in [-0.2, -0.15) is 0 Å². The minimum Gasteiger partial charge on any atom is -0.326 e. The summed E-state index contributed by atoms with van der Waals surface area (Å²) in [6.07, 6.45) is 10.5. The highest BCUT2D eigenvalue weighted by molar-refractivity contribution is 5.22. The van der Waals surface area contributed by atoms with Gasteiger partial charge in [-0.15, -0.1) is 0 Å². The molecule has 4 N–H and O–H groups in total. The molecule has 160 valence electrons. The van der Waals surface area contributed by atoms with Crippen LogP contribution in [0.1, 0.15) is 107 Å². The number of nitrogens with two attached hydrogens (primary N) is 2. The lowest BCUT2D eigenvalue weighted by Gasteiger charge is -2.72. The first-order valence-corrected chi connectivity index (χ1v) is 12.1. The maximum Gasteiger partial charge on any atom is 0.0396 e. The molecule has 0 aromatic rings. The van der Waals surface area contributed by atoms with Crippen LogP contribution in [-0.4, -0.2) is 11.6 Å². The summed E-state index contributed by atoms with van der Waals surface area (Å²) in [5.74, 6) is 2.96. The van der Waals surface area contributed by atoms with Crippen molar-refractivity contribution in [2.24, 2.45) is 51.9 Å². The van der Waals surface area contributed by atoms with Crippen LogP contribution in [0.4, 0.5) is 0 Å². The second-order valence-electron chi connectivity index (χ2n) is 11.3. The van der Waals surface area contributed by atoms with E-state index in [0.29, 0.717) is 23.7 Å². The summed E-state index contributed by atoms with van der Waals surface area (Å²) in [5.41, 5.74) is 14.5. The Bertz CT molecular complexity index is 467. The van der Waals surface area contributed by atoms with Gasteiger partial charge in [-0.25, -0.2) is 0 Å². The highest BCUT2D eigenvalue weighted by atomic mass is 15.0. The fourth-order valence-corrected chi connectivity index (χ4v) is 8.79. The smallest absolute Gasteiger partial charge is 0.0396 e. The lowest BCUT2D eigenvalue weighted by Crippen LogP contribution is -2.78.